The van der Waals surface area contributed by atoms with Gasteiger partial charge in [-0.1, -0.05) is 6.92 Å². The fourth-order valence-electron chi connectivity index (χ4n) is 1.92. The van der Waals surface area contributed by atoms with E-state index in [1.807, 2.05) is 0 Å². The van der Waals surface area contributed by atoms with Gasteiger partial charge in [0.2, 0.25) is 0 Å². The average Bonchev–Trinajstić information content (AvgIpc) is 2.94. The number of nitrogens with one attached hydrogen (secondary N) is 1. The van der Waals surface area contributed by atoms with Crippen LogP contribution in [-0.2, 0) is 0 Å². The highest BCUT2D eigenvalue weighted by Gasteiger charge is 2.34. The molecule has 2 unspecified atom stereocenters. The first-order valence-electron chi connectivity index (χ1n) is 5.56. The molecule has 17 heavy (non-hydrogen) atoms. The number of hydrazine groups is 1. The molecule has 0 saturated heterocycles. The first-order chi connectivity index (χ1) is 8.02. The summed E-state index contributed by atoms with van der Waals surface area (Å²) >= 11 is 0. The number of nitrogen functional groups attached to an aromatic ring is 1. The molecular formula is C11H16F2N4. The molecule has 0 aliphatic heterocycles. The van der Waals surface area contributed by atoms with Gasteiger partial charge in [0.1, 0.15) is 0 Å². The van der Waals surface area contributed by atoms with Crippen LogP contribution in [-0.4, -0.2) is 18.6 Å². The molecule has 3 N–H and O–H groups in total. The second-order valence-electron chi connectivity index (χ2n) is 4.62. The molecule has 0 aromatic carbocycles. The van der Waals surface area contributed by atoms with E-state index < -0.39 is 11.6 Å². The highest BCUT2D eigenvalue weighted by atomic mass is 19.1. The molecule has 0 spiro atoms. The summed E-state index contributed by atoms with van der Waals surface area (Å²) < 4.78 is 26.7. The molecule has 4 nitrogen and oxygen atoms in total. The number of nitrogens with two attached hydrogens (primary N) is 1. The van der Waals surface area contributed by atoms with E-state index in [4.69, 9.17) is 5.84 Å². The molecule has 1 saturated carbocycles. The third-order valence-corrected chi connectivity index (χ3v) is 3.19. The average molecular weight is 242 g/mol. The highest BCUT2D eigenvalue weighted by molar-refractivity contribution is 5.48. The van der Waals surface area contributed by atoms with Gasteiger partial charge in [-0.25, -0.2) is 19.6 Å². The third-order valence-electron chi connectivity index (χ3n) is 3.19. The van der Waals surface area contributed by atoms with Gasteiger partial charge in [0.05, 0.1) is 0 Å². The Morgan fingerprint density at radius 3 is 2.71 bits per heavy atom. The molecule has 2 rings (SSSR count). The smallest absolute Gasteiger partial charge is 0.178 e. The summed E-state index contributed by atoms with van der Waals surface area (Å²) in [7, 11) is 1.74. The Balaban J connectivity index is 2.18. The van der Waals surface area contributed by atoms with Crippen LogP contribution >= 0.6 is 0 Å². The monoisotopic (exact) mass is 242 g/mol. The number of nitrogens with zero attached hydrogens (tertiary/aromatic N) is 2. The Bertz CT molecular complexity index is 424. The van der Waals surface area contributed by atoms with Crippen molar-refractivity contribution >= 4 is 11.6 Å². The molecule has 94 valence electrons. The molecule has 1 aliphatic carbocycles. The lowest BCUT2D eigenvalue weighted by Crippen LogP contribution is -2.24. The van der Waals surface area contributed by atoms with Crippen LogP contribution in [0, 0.1) is 23.5 Å². The van der Waals surface area contributed by atoms with E-state index in [0.717, 1.165) is 19.0 Å². The molecule has 1 fully saturated rings. The Hall–Kier alpha value is -1.43. The van der Waals surface area contributed by atoms with Gasteiger partial charge in [-0.15, -0.1) is 0 Å². The van der Waals surface area contributed by atoms with Gasteiger partial charge in [-0.3, -0.25) is 0 Å². The zero-order valence-electron chi connectivity index (χ0n) is 9.87. The number of rotatable bonds is 4. The maximum Gasteiger partial charge on any atom is 0.178 e. The van der Waals surface area contributed by atoms with Crippen LogP contribution in [0.4, 0.5) is 20.4 Å². The predicted octanol–water partition coefficient (Wildman–Crippen LogP) is 1.74. The number of halogens is 2. The largest absolute Gasteiger partial charge is 0.357 e. The van der Waals surface area contributed by atoms with Crippen LogP contribution in [0.5, 0.6) is 0 Å². The minimum atomic E-state index is -0.790. The van der Waals surface area contributed by atoms with Gasteiger partial charge in [0, 0.05) is 19.7 Å². The lowest BCUT2D eigenvalue weighted by Gasteiger charge is -2.19. The number of aromatic nitrogens is 1. The second kappa shape index (κ2) is 4.44. The van der Waals surface area contributed by atoms with E-state index in [9.17, 15) is 8.78 Å². The van der Waals surface area contributed by atoms with Crippen molar-refractivity contribution in [2.75, 3.05) is 23.9 Å². The first kappa shape index (κ1) is 12.0. The van der Waals surface area contributed by atoms with Gasteiger partial charge in [0.25, 0.3) is 0 Å². The van der Waals surface area contributed by atoms with Crippen molar-refractivity contribution in [3.8, 4) is 0 Å². The number of hydrogen-bond acceptors (Lipinski definition) is 4. The number of hydrogen-bond donors (Lipinski definition) is 2. The van der Waals surface area contributed by atoms with Crippen LogP contribution in [0.25, 0.3) is 0 Å². The summed E-state index contributed by atoms with van der Waals surface area (Å²) in [4.78, 5) is 5.53. The summed E-state index contributed by atoms with van der Waals surface area (Å²) in [6, 6.07) is 0.796. The molecule has 0 amide bonds. The predicted molar refractivity (Wildman–Crippen MR) is 62.5 cm³/mol. The summed E-state index contributed by atoms with van der Waals surface area (Å²) in [6.45, 7) is 2.88. The van der Waals surface area contributed by atoms with Crippen molar-refractivity contribution in [3.05, 3.63) is 17.7 Å². The quantitative estimate of drug-likeness (QED) is 0.623. The van der Waals surface area contributed by atoms with Gasteiger partial charge < -0.3 is 10.3 Å². The molecule has 2 atom stereocenters. The van der Waals surface area contributed by atoms with Crippen molar-refractivity contribution in [2.24, 2.45) is 17.7 Å². The fourth-order valence-corrected chi connectivity index (χ4v) is 1.92. The van der Waals surface area contributed by atoms with Gasteiger partial charge in [-0.2, -0.15) is 0 Å². The maximum atomic E-state index is 13.6. The molecule has 0 bridgehead atoms. The van der Waals surface area contributed by atoms with E-state index in [2.05, 4.69) is 17.3 Å². The minimum absolute atomic E-state index is 0.124. The van der Waals surface area contributed by atoms with E-state index in [0.29, 0.717) is 11.8 Å². The number of anilines is 2. The number of pyridine rings is 1. The third kappa shape index (κ3) is 2.46. The van der Waals surface area contributed by atoms with Gasteiger partial charge in [-0.05, 0) is 18.3 Å². The minimum Gasteiger partial charge on any atom is -0.357 e. The van der Waals surface area contributed by atoms with Gasteiger partial charge >= 0.3 is 0 Å². The lowest BCUT2D eigenvalue weighted by molar-refractivity contribution is 0.570. The normalized spacial score (nSPS) is 22.4. The van der Waals surface area contributed by atoms with Crippen molar-refractivity contribution in [3.63, 3.8) is 0 Å². The Kier molecular flexibility index (Phi) is 3.15. The summed E-state index contributed by atoms with van der Waals surface area (Å²) in [5, 5.41) is 0. The van der Waals surface area contributed by atoms with Crippen LogP contribution in [0.2, 0.25) is 0 Å². The maximum absolute atomic E-state index is 13.6. The standard InChI is InChI=1S/C11H16F2N4/c1-6-3-7(6)5-17(2)11-9(13)4-8(12)10(15-11)16-14/h4,6-7H,3,5,14H2,1-2H3,(H,15,16). The van der Waals surface area contributed by atoms with Crippen LogP contribution in [0.1, 0.15) is 13.3 Å². The first-order valence-corrected chi connectivity index (χ1v) is 5.56. The SMILES string of the molecule is CC1CC1CN(C)c1nc(NN)c(F)cc1F. The van der Waals surface area contributed by atoms with Crippen molar-refractivity contribution in [1.29, 1.82) is 0 Å². The molecule has 0 radical (unpaired) electrons. The summed E-state index contributed by atoms with van der Waals surface area (Å²) in [5.74, 6) is 4.88. The molecule has 1 aromatic rings. The van der Waals surface area contributed by atoms with Crippen LogP contribution in [0.15, 0.2) is 6.07 Å². The highest BCUT2D eigenvalue weighted by Crippen LogP contribution is 2.38. The van der Waals surface area contributed by atoms with E-state index in [-0.39, 0.29) is 11.6 Å². The van der Waals surface area contributed by atoms with Gasteiger partial charge in [0.15, 0.2) is 23.3 Å². The molecule has 1 heterocycles. The Labute approximate surface area is 98.8 Å². The molecule has 1 aliphatic rings. The molecular weight excluding hydrogens is 226 g/mol. The van der Waals surface area contributed by atoms with Crippen molar-refractivity contribution in [1.82, 2.24) is 4.98 Å². The summed E-state index contributed by atoms with van der Waals surface area (Å²) in [5.41, 5.74) is 2.12. The zero-order valence-corrected chi connectivity index (χ0v) is 9.87. The zero-order chi connectivity index (χ0) is 12.6. The van der Waals surface area contributed by atoms with Crippen molar-refractivity contribution in [2.45, 2.75) is 13.3 Å². The Morgan fingerprint density at radius 2 is 2.18 bits per heavy atom. The second-order valence-corrected chi connectivity index (χ2v) is 4.62. The van der Waals surface area contributed by atoms with Crippen LogP contribution in [0.3, 0.4) is 0 Å². The summed E-state index contributed by atoms with van der Waals surface area (Å²) in [6.07, 6.45) is 1.15. The molecule has 1 aromatic heterocycles. The van der Waals surface area contributed by atoms with E-state index in [1.54, 1.807) is 11.9 Å². The Morgan fingerprint density at radius 1 is 1.53 bits per heavy atom. The van der Waals surface area contributed by atoms with E-state index >= 15 is 0 Å². The van der Waals surface area contributed by atoms with Crippen LogP contribution < -0.4 is 16.2 Å². The lowest BCUT2D eigenvalue weighted by atomic mass is 10.3. The van der Waals surface area contributed by atoms with E-state index in [1.165, 1.54) is 0 Å². The topological polar surface area (TPSA) is 54.2 Å². The molecule has 6 heteroatoms. The van der Waals surface area contributed by atoms with Crippen molar-refractivity contribution < 1.29 is 8.78 Å². The fraction of sp³-hybridized carbons (Fsp3) is 0.545.